The van der Waals surface area contributed by atoms with Gasteiger partial charge in [0.2, 0.25) is 5.91 Å². The molecule has 3 fully saturated rings. The summed E-state index contributed by atoms with van der Waals surface area (Å²) in [5, 5.41) is 8.58. The fraction of sp³-hybridized carbons (Fsp3) is 0.474. The Bertz CT molecular complexity index is 716. The molecule has 0 N–H and O–H groups in total. The summed E-state index contributed by atoms with van der Waals surface area (Å²) >= 11 is 0. The molecule has 2 aromatic heterocycles. The summed E-state index contributed by atoms with van der Waals surface area (Å²) in [4.78, 5) is 19.4. The number of rotatable bonds is 3. The van der Waals surface area contributed by atoms with Crippen LogP contribution in [0.1, 0.15) is 48.7 Å². The Balaban J connectivity index is 1.57. The normalized spacial score (nSPS) is 26.5. The number of hydrogen-bond donors (Lipinski definition) is 0. The van der Waals surface area contributed by atoms with E-state index in [2.05, 4.69) is 26.1 Å². The van der Waals surface area contributed by atoms with Crippen LogP contribution >= 0.6 is 0 Å². The van der Waals surface area contributed by atoms with Crippen molar-refractivity contribution in [2.24, 2.45) is 5.92 Å². The molecule has 5 nitrogen and oxygen atoms in total. The number of carbonyl (C=O) groups is 1. The summed E-state index contributed by atoms with van der Waals surface area (Å²) in [6, 6.07) is 10.3. The van der Waals surface area contributed by atoms with Crippen molar-refractivity contribution in [3.8, 4) is 0 Å². The van der Waals surface area contributed by atoms with Crippen molar-refractivity contribution in [2.75, 3.05) is 0 Å². The van der Waals surface area contributed by atoms with Gasteiger partial charge in [-0.05, 0) is 56.9 Å². The Kier molecular flexibility index (Phi) is 4.00. The topological polar surface area (TPSA) is 59.0 Å². The van der Waals surface area contributed by atoms with Gasteiger partial charge in [-0.3, -0.25) is 9.78 Å². The minimum atomic E-state index is 0.112. The average molecular weight is 322 g/mol. The summed E-state index contributed by atoms with van der Waals surface area (Å²) in [5.41, 5.74) is 2.93. The summed E-state index contributed by atoms with van der Waals surface area (Å²) in [6.45, 7) is 2.57. The Morgan fingerprint density at radius 2 is 2.00 bits per heavy atom. The lowest BCUT2D eigenvalue weighted by Crippen LogP contribution is -2.45. The Morgan fingerprint density at radius 3 is 2.75 bits per heavy atom. The Hall–Kier alpha value is -2.30. The molecule has 2 aliphatic heterocycles. The Labute approximate surface area is 142 Å². The predicted octanol–water partition coefficient (Wildman–Crippen LogP) is 2.86. The average Bonchev–Trinajstić information content (AvgIpc) is 2.89. The highest BCUT2D eigenvalue weighted by molar-refractivity contribution is 5.80. The van der Waals surface area contributed by atoms with Crippen molar-refractivity contribution in [1.29, 1.82) is 0 Å². The zero-order valence-corrected chi connectivity index (χ0v) is 13.9. The molecule has 2 aromatic rings. The van der Waals surface area contributed by atoms with Crippen molar-refractivity contribution in [3.63, 3.8) is 0 Å². The van der Waals surface area contributed by atoms with E-state index < -0.39 is 0 Å². The van der Waals surface area contributed by atoms with Gasteiger partial charge in [0.1, 0.15) is 0 Å². The maximum atomic E-state index is 12.9. The fourth-order valence-corrected chi connectivity index (χ4v) is 4.06. The van der Waals surface area contributed by atoms with Crippen LogP contribution in [-0.2, 0) is 11.3 Å². The molecule has 124 valence electrons. The first-order chi connectivity index (χ1) is 11.7. The van der Waals surface area contributed by atoms with E-state index in [0.717, 1.165) is 42.8 Å². The molecule has 2 saturated heterocycles. The maximum Gasteiger partial charge on any atom is 0.226 e. The highest BCUT2D eigenvalue weighted by Crippen LogP contribution is 2.41. The van der Waals surface area contributed by atoms with Gasteiger partial charge in [0.05, 0.1) is 23.6 Å². The molecule has 1 aliphatic carbocycles. The van der Waals surface area contributed by atoms with Gasteiger partial charge >= 0.3 is 0 Å². The molecule has 1 saturated carbocycles. The monoisotopic (exact) mass is 322 g/mol. The molecule has 5 rings (SSSR count). The smallest absolute Gasteiger partial charge is 0.226 e. The molecule has 0 aromatic carbocycles. The van der Waals surface area contributed by atoms with E-state index in [0.29, 0.717) is 18.4 Å². The van der Waals surface area contributed by atoms with E-state index >= 15 is 0 Å². The van der Waals surface area contributed by atoms with Crippen LogP contribution in [0.2, 0.25) is 0 Å². The zero-order valence-electron chi connectivity index (χ0n) is 13.9. The van der Waals surface area contributed by atoms with Crippen molar-refractivity contribution in [3.05, 3.63) is 53.6 Å². The quantitative estimate of drug-likeness (QED) is 0.872. The minimum absolute atomic E-state index is 0.112. The van der Waals surface area contributed by atoms with E-state index in [4.69, 9.17) is 0 Å². The number of hydrogen-bond acceptors (Lipinski definition) is 4. The van der Waals surface area contributed by atoms with Crippen LogP contribution in [-0.4, -0.2) is 32.0 Å². The highest BCUT2D eigenvalue weighted by atomic mass is 16.2. The maximum absolute atomic E-state index is 12.9. The molecule has 24 heavy (non-hydrogen) atoms. The molecular weight excluding hydrogens is 300 g/mol. The first-order valence-corrected chi connectivity index (χ1v) is 8.71. The van der Waals surface area contributed by atoms with Gasteiger partial charge < -0.3 is 4.90 Å². The van der Waals surface area contributed by atoms with E-state index in [1.165, 1.54) is 0 Å². The largest absolute Gasteiger partial charge is 0.334 e. The third kappa shape index (κ3) is 2.90. The molecule has 3 unspecified atom stereocenters. The summed E-state index contributed by atoms with van der Waals surface area (Å²) in [7, 11) is 0. The molecule has 3 atom stereocenters. The van der Waals surface area contributed by atoms with Gasteiger partial charge in [-0.2, -0.15) is 10.2 Å². The second kappa shape index (κ2) is 6.30. The van der Waals surface area contributed by atoms with Crippen LogP contribution in [0.4, 0.5) is 0 Å². The lowest BCUT2D eigenvalue weighted by atomic mass is 9.90. The number of pyridine rings is 1. The number of nitrogens with zero attached hydrogens (tertiary/aromatic N) is 4. The van der Waals surface area contributed by atoms with Crippen LogP contribution in [0.3, 0.4) is 0 Å². The van der Waals surface area contributed by atoms with Crippen molar-refractivity contribution in [2.45, 2.75) is 51.1 Å². The highest BCUT2D eigenvalue weighted by Gasteiger charge is 2.42. The number of piperidine rings is 1. The Morgan fingerprint density at radius 1 is 1.08 bits per heavy atom. The molecule has 2 bridgehead atoms. The minimum Gasteiger partial charge on any atom is -0.334 e. The van der Waals surface area contributed by atoms with Crippen LogP contribution in [0.5, 0.6) is 0 Å². The zero-order chi connectivity index (χ0) is 16.5. The molecule has 4 heterocycles. The van der Waals surface area contributed by atoms with Gasteiger partial charge in [-0.15, -0.1) is 0 Å². The first kappa shape index (κ1) is 15.2. The third-order valence-electron chi connectivity index (χ3n) is 5.34. The van der Waals surface area contributed by atoms with Crippen LogP contribution < -0.4 is 0 Å². The number of aromatic nitrogens is 3. The fourth-order valence-electron chi connectivity index (χ4n) is 4.06. The molecule has 5 heteroatoms. The van der Waals surface area contributed by atoms with Gasteiger partial charge in [0.25, 0.3) is 0 Å². The van der Waals surface area contributed by atoms with Crippen LogP contribution in [0.15, 0.2) is 36.5 Å². The number of fused-ring (bicyclic) bond motifs is 4. The number of carbonyl (C=O) groups excluding carboxylic acids is 1. The van der Waals surface area contributed by atoms with Gasteiger partial charge in [-0.25, -0.2) is 0 Å². The van der Waals surface area contributed by atoms with Crippen LogP contribution in [0, 0.1) is 12.8 Å². The SMILES string of the molecule is Cc1ccc(C2CC3CCC(C2)N(Cc2ccccn2)C3=O)nn1. The molecule has 1 amide bonds. The summed E-state index contributed by atoms with van der Waals surface area (Å²) in [6.07, 6.45) is 5.75. The van der Waals surface area contributed by atoms with E-state index in [9.17, 15) is 4.79 Å². The van der Waals surface area contributed by atoms with E-state index in [1.54, 1.807) is 6.20 Å². The molecule has 3 aliphatic rings. The van der Waals surface area contributed by atoms with Crippen molar-refractivity contribution in [1.82, 2.24) is 20.1 Å². The lowest BCUT2D eigenvalue weighted by molar-refractivity contribution is -0.141. The molecular formula is C19H22N4O. The predicted molar refractivity (Wildman–Crippen MR) is 90.0 cm³/mol. The number of aryl methyl sites for hydroxylation is 1. The lowest BCUT2D eigenvalue weighted by Gasteiger charge is -2.36. The molecule has 0 radical (unpaired) electrons. The van der Waals surface area contributed by atoms with Crippen molar-refractivity contribution < 1.29 is 4.79 Å². The van der Waals surface area contributed by atoms with E-state index in [-0.39, 0.29) is 12.0 Å². The second-order valence-electron chi connectivity index (χ2n) is 6.98. The van der Waals surface area contributed by atoms with Gasteiger partial charge in [0.15, 0.2) is 0 Å². The van der Waals surface area contributed by atoms with Crippen LogP contribution in [0.25, 0.3) is 0 Å². The van der Waals surface area contributed by atoms with Gasteiger partial charge in [0, 0.05) is 24.1 Å². The second-order valence-corrected chi connectivity index (χ2v) is 6.98. The van der Waals surface area contributed by atoms with Crippen molar-refractivity contribution >= 4 is 5.91 Å². The summed E-state index contributed by atoms with van der Waals surface area (Å²) in [5.74, 6) is 0.730. The molecule has 0 spiro atoms. The van der Waals surface area contributed by atoms with E-state index in [1.807, 2.05) is 31.2 Å². The first-order valence-electron chi connectivity index (χ1n) is 8.71. The standard InChI is InChI=1S/C19H22N4O/c1-13-5-8-18(22-21-13)15-10-14-6-7-17(11-15)23(19(14)24)12-16-4-2-3-9-20-16/h2-5,8-9,14-15,17H,6-7,10-12H2,1H3. The van der Waals surface area contributed by atoms with Gasteiger partial charge in [-0.1, -0.05) is 6.07 Å². The summed E-state index contributed by atoms with van der Waals surface area (Å²) < 4.78 is 0. The number of amides is 1. The third-order valence-corrected chi connectivity index (χ3v) is 5.34.